The molecule has 0 aliphatic heterocycles. The molecule has 5 nitrogen and oxygen atoms in total. The molecule has 5 heteroatoms. The Labute approximate surface area is 94.2 Å². The van der Waals surface area contributed by atoms with Crippen molar-refractivity contribution in [2.75, 3.05) is 5.32 Å². The smallest absolute Gasteiger partial charge is 0.221 e. The lowest BCUT2D eigenvalue weighted by Gasteiger charge is -2.17. The van der Waals surface area contributed by atoms with Crippen LogP contribution in [0.4, 0.5) is 5.69 Å². The fourth-order valence-corrected chi connectivity index (χ4v) is 1.08. The quantitative estimate of drug-likeness (QED) is 0.657. The first-order valence-electron chi connectivity index (χ1n) is 4.97. The molecular formula is C11H16N2O3. The minimum atomic E-state index is -0.758. The lowest BCUT2D eigenvalue weighted by Crippen LogP contribution is -2.37. The number of nitrogens with one attached hydrogen (secondary N) is 1. The summed E-state index contributed by atoms with van der Waals surface area (Å²) >= 11 is 0. The monoisotopic (exact) mass is 224 g/mol. The number of nitrogens with two attached hydrogens (primary N) is 1. The maximum Gasteiger partial charge on any atom is 0.221 e. The van der Waals surface area contributed by atoms with Crippen LogP contribution in [-0.2, 0) is 4.79 Å². The van der Waals surface area contributed by atoms with Crippen LogP contribution in [0.3, 0.4) is 0 Å². The second-order valence-corrected chi connectivity index (χ2v) is 3.53. The molecule has 0 saturated carbocycles. The van der Waals surface area contributed by atoms with Gasteiger partial charge < -0.3 is 15.2 Å². The molecule has 0 fully saturated rings. The molecule has 1 rings (SSSR count). The van der Waals surface area contributed by atoms with Gasteiger partial charge in [0.05, 0.1) is 0 Å². The van der Waals surface area contributed by atoms with Crippen LogP contribution in [0.25, 0.3) is 0 Å². The van der Waals surface area contributed by atoms with Gasteiger partial charge in [-0.25, -0.2) is 0 Å². The van der Waals surface area contributed by atoms with E-state index in [1.165, 1.54) is 6.92 Å². The number of benzene rings is 1. The normalized spacial score (nSPS) is 14.0. The molecule has 0 saturated heterocycles. The van der Waals surface area contributed by atoms with E-state index >= 15 is 0 Å². The Kier molecular flexibility index (Phi) is 4.28. The highest BCUT2D eigenvalue weighted by Crippen LogP contribution is 2.16. The topological polar surface area (TPSA) is 84.6 Å². The first kappa shape index (κ1) is 12.5. The molecule has 88 valence electrons. The number of hydrogen-bond acceptors (Lipinski definition) is 4. The van der Waals surface area contributed by atoms with Crippen LogP contribution in [-0.4, -0.2) is 23.3 Å². The molecule has 2 atom stereocenters. The molecule has 2 unspecified atom stereocenters. The lowest BCUT2D eigenvalue weighted by atomic mass is 10.3. The highest BCUT2D eigenvalue weighted by Gasteiger charge is 2.10. The second-order valence-electron chi connectivity index (χ2n) is 3.53. The SMILES string of the molecule is CC(=O)Nc1ccc(OC(N)C(C)O)cc1. The van der Waals surface area contributed by atoms with E-state index in [2.05, 4.69) is 5.32 Å². The summed E-state index contributed by atoms with van der Waals surface area (Å²) in [5.74, 6) is 0.414. The Morgan fingerprint density at radius 1 is 1.44 bits per heavy atom. The molecule has 0 aliphatic rings. The molecule has 0 heterocycles. The summed E-state index contributed by atoms with van der Waals surface area (Å²) in [6, 6.07) is 6.75. The third-order valence-electron chi connectivity index (χ3n) is 1.92. The zero-order valence-corrected chi connectivity index (χ0v) is 9.31. The zero-order valence-electron chi connectivity index (χ0n) is 9.31. The van der Waals surface area contributed by atoms with E-state index in [-0.39, 0.29) is 5.91 Å². The van der Waals surface area contributed by atoms with Crippen LogP contribution in [0.1, 0.15) is 13.8 Å². The molecule has 16 heavy (non-hydrogen) atoms. The molecule has 0 bridgehead atoms. The maximum atomic E-state index is 10.8. The van der Waals surface area contributed by atoms with E-state index in [0.717, 1.165) is 0 Å². The summed E-state index contributed by atoms with van der Waals surface area (Å²) in [6.45, 7) is 2.99. The van der Waals surface area contributed by atoms with E-state index < -0.39 is 12.3 Å². The van der Waals surface area contributed by atoms with Crippen molar-refractivity contribution in [2.45, 2.75) is 26.2 Å². The van der Waals surface area contributed by atoms with Crippen LogP contribution in [0.2, 0.25) is 0 Å². The summed E-state index contributed by atoms with van der Waals surface area (Å²) in [6.07, 6.45) is -1.50. The highest BCUT2D eigenvalue weighted by molar-refractivity contribution is 5.88. The summed E-state index contributed by atoms with van der Waals surface area (Å²) in [7, 11) is 0. The minimum Gasteiger partial charge on any atom is -0.473 e. The number of carbonyl (C=O) groups is 1. The number of anilines is 1. The molecule has 4 N–H and O–H groups in total. The van der Waals surface area contributed by atoms with Crippen LogP contribution < -0.4 is 15.8 Å². The Morgan fingerprint density at radius 3 is 2.44 bits per heavy atom. The summed E-state index contributed by atoms with van der Waals surface area (Å²) in [5, 5.41) is 11.8. The Balaban J connectivity index is 2.61. The molecule has 0 spiro atoms. The second kappa shape index (κ2) is 5.48. The number of hydrogen-bond donors (Lipinski definition) is 3. The largest absolute Gasteiger partial charge is 0.473 e. The fourth-order valence-electron chi connectivity index (χ4n) is 1.08. The predicted octanol–water partition coefficient (Wildman–Crippen LogP) is 0.689. The first-order valence-corrected chi connectivity index (χ1v) is 4.97. The highest BCUT2D eigenvalue weighted by atomic mass is 16.5. The van der Waals surface area contributed by atoms with E-state index in [1.54, 1.807) is 31.2 Å². The molecule has 1 aromatic rings. The molecular weight excluding hydrogens is 208 g/mol. The van der Waals surface area contributed by atoms with Crippen molar-refractivity contribution in [3.05, 3.63) is 24.3 Å². The standard InChI is InChI=1S/C11H16N2O3/c1-7(14)11(12)16-10-5-3-9(4-6-10)13-8(2)15/h3-7,11,14H,12H2,1-2H3,(H,13,15). The average molecular weight is 224 g/mol. The van der Waals surface area contributed by atoms with E-state index in [4.69, 9.17) is 15.6 Å². The van der Waals surface area contributed by atoms with Crippen molar-refractivity contribution in [3.8, 4) is 5.75 Å². The van der Waals surface area contributed by atoms with Gasteiger partial charge in [0.2, 0.25) is 5.91 Å². The van der Waals surface area contributed by atoms with Crippen LogP contribution in [0.5, 0.6) is 5.75 Å². The Bertz CT molecular complexity index is 349. The van der Waals surface area contributed by atoms with Crippen molar-refractivity contribution in [1.29, 1.82) is 0 Å². The Morgan fingerprint density at radius 2 is 2.00 bits per heavy atom. The molecule has 0 aromatic heterocycles. The van der Waals surface area contributed by atoms with Crippen molar-refractivity contribution >= 4 is 11.6 Å². The van der Waals surface area contributed by atoms with Gasteiger partial charge in [0.15, 0.2) is 6.23 Å². The van der Waals surface area contributed by atoms with E-state index in [0.29, 0.717) is 11.4 Å². The number of aliphatic hydroxyl groups excluding tert-OH is 1. The van der Waals surface area contributed by atoms with E-state index in [1.807, 2.05) is 0 Å². The van der Waals surface area contributed by atoms with Gasteiger partial charge in [-0.2, -0.15) is 0 Å². The molecule has 0 radical (unpaired) electrons. The van der Waals surface area contributed by atoms with Crippen molar-refractivity contribution in [1.82, 2.24) is 0 Å². The number of carbonyl (C=O) groups excluding carboxylic acids is 1. The van der Waals surface area contributed by atoms with Gasteiger partial charge >= 0.3 is 0 Å². The van der Waals surface area contributed by atoms with Gasteiger partial charge in [-0.3, -0.25) is 10.5 Å². The van der Waals surface area contributed by atoms with Gasteiger partial charge in [-0.1, -0.05) is 0 Å². The van der Waals surface area contributed by atoms with Crippen LogP contribution >= 0.6 is 0 Å². The van der Waals surface area contributed by atoms with Crippen molar-refractivity contribution in [3.63, 3.8) is 0 Å². The van der Waals surface area contributed by atoms with Gasteiger partial charge in [0, 0.05) is 12.6 Å². The van der Waals surface area contributed by atoms with Crippen molar-refractivity contribution < 1.29 is 14.6 Å². The van der Waals surface area contributed by atoms with Crippen LogP contribution in [0.15, 0.2) is 24.3 Å². The third kappa shape index (κ3) is 3.88. The number of aliphatic hydroxyl groups is 1. The first-order chi connectivity index (χ1) is 7.49. The summed E-state index contributed by atoms with van der Waals surface area (Å²) in [4.78, 5) is 10.8. The Hall–Kier alpha value is -1.59. The van der Waals surface area contributed by atoms with Crippen molar-refractivity contribution in [2.24, 2.45) is 5.73 Å². The average Bonchev–Trinajstić information content (AvgIpc) is 2.20. The van der Waals surface area contributed by atoms with Gasteiger partial charge in [0.25, 0.3) is 0 Å². The summed E-state index contributed by atoms with van der Waals surface area (Å²) < 4.78 is 5.25. The van der Waals surface area contributed by atoms with Gasteiger partial charge in [-0.05, 0) is 31.2 Å². The third-order valence-corrected chi connectivity index (χ3v) is 1.92. The fraction of sp³-hybridized carbons (Fsp3) is 0.364. The molecule has 1 amide bonds. The van der Waals surface area contributed by atoms with Crippen LogP contribution in [0, 0.1) is 0 Å². The van der Waals surface area contributed by atoms with Gasteiger partial charge in [0.1, 0.15) is 11.9 Å². The molecule has 0 aliphatic carbocycles. The number of rotatable bonds is 4. The maximum absolute atomic E-state index is 10.8. The molecule has 1 aromatic carbocycles. The van der Waals surface area contributed by atoms with Gasteiger partial charge in [-0.15, -0.1) is 0 Å². The summed E-state index contributed by atoms with van der Waals surface area (Å²) in [5.41, 5.74) is 6.21. The zero-order chi connectivity index (χ0) is 12.1. The number of amides is 1. The minimum absolute atomic E-state index is 0.130. The lowest BCUT2D eigenvalue weighted by molar-refractivity contribution is -0.114. The van der Waals surface area contributed by atoms with E-state index in [9.17, 15) is 4.79 Å². The predicted molar refractivity (Wildman–Crippen MR) is 61.0 cm³/mol. The number of ether oxygens (including phenoxy) is 1.